The van der Waals surface area contributed by atoms with Gasteiger partial charge in [-0.3, -0.25) is 9.69 Å². The van der Waals surface area contributed by atoms with Crippen molar-refractivity contribution in [3.05, 3.63) is 58.4 Å². The van der Waals surface area contributed by atoms with Crippen molar-refractivity contribution in [2.45, 2.75) is 18.4 Å². The van der Waals surface area contributed by atoms with Crippen molar-refractivity contribution in [3.8, 4) is 0 Å². The Bertz CT molecular complexity index is 968. The molecule has 3 aromatic rings. The van der Waals surface area contributed by atoms with Gasteiger partial charge in [-0.15, -0.1) is 11.3 Å². The highest BCUT2D eigenvalue weighted by atomic mass is 32.1. The quantitative estimate of drug-likeness (QED) is 0.676. The van der Waals surface area contributed by atoms with E-state index in [-0.39, 0.29) is 11.4 Å². The van der Waals surface area contributed by atoms with E-state index in [0.29, 0.717) is 6.54 Å². The van der Waals surface area contributed by atoms with Gasteiger partial charge in [-0.1, -0.05) is 12.1 Å². The van der Waals surface area contributed by atoms with E-state index in [2.05, 4.69) is 52.8 Å². The van der Waals surface area contributed by atoms with Gasteiger partial charge in [0.25, 0.3) is 5.91 Å². The zero-order chi connectivity index (χ0) is 20.4. The number of nitrogens with zero attached hydrogens (tertiary/aromatic N) is 3. The molecule has 3 heterocycles. The average Bonchev–Trinajstić information content (AvgIpc) is 3.39. The standard InChI is InChI=1S/C23H30N4OS/c1-25(2)23(21-5-4-16-29-21)9-13-27(14-10-23)15-11-24-22(28)19-7-6-18-8-12-26(3)20(18)17-19/h4-8,12,16-17H,9-11,13-15H2,1-3H3,(H,24,28). The number of aryl methyl sites for hydroxylation is 1. The van der Waals surface area contributed by atoms with E-state index in [4.69, 9.17) is 0 Å². The maximum Gasteiger partial charge on any atom is 0.251 e. The van der Waals surface area contributed by atoms with Gasteiger partial charge < -0.3 is 14.8 Å². The van der Waals surface area contributed by atoms with E-state index >= 15 is 0 Å². The smallest absolute Gasteiger partial charge is 0.251 e. The Balaban J connectivity index is 1.30. The van der Waals surface area contributed by atoms with Crippen LogP contribution in [0.25, 0.3) is 10.9 Å². The van der Waals surface area contributed by atoms with Gasteiger partial charge in [0.15, 0.2) is 0 Å². The first kappa shape index (κ1) is 20.1. The maximum absolute atomic E-state index is 12.6. The molecule has 29 heavy (non-hydrogen) atoms. The van der Waals surface area contributed by atoms with E-state index in [1.807, 2.05) is 47.3 Å². The first-order valence-corrected chi connectivity index (χ1v) is 11.1. The molecule has 0 spiro atoms. The summed E-state index contributed by atoms with van der Waals surface area (Å²) in [6, 6.07) is 12.4. The second kappa shape index (κ2) is 8.30. The van der Waals surface area contributed by atoms with Crippen molar-refractivity contribution in [2.24, 2.45) is 7.05 Å². The van der Waals surface area contributed by atoms with Crippen LogP contribution in [0.5, 0.6) is 0 Å². The van der Waals surface area contributed by atoms with Crippen molar-refractivity contribution in [2.75, 3.05) is 40.3 Å². The summed E-state index contributed by atoms with van der Waals surface area (Å²) in [5.41, 5.74) is 1.96. The van der Waals surface area contributed by atoms with E-state index in [1.165, 1.54) is 4.88 Å². The molecule has 0 atom stereocenters. The van der Waals surface area contributed by atoms with E-state index in [0.717, 1.165) is 48.9 Å². The highest BCUT2D eigenvalue weighted by molar-refractivity contribution is 7.10. The van der Waals surface area contributed by atoms with Gasteiger partial charge in [0.1, 0.15) is 0 Å². The van der Waals surface area contributed by atoms with E-state index in [9.17, 15) is 4.79 Å². The molecule has 1 fully saturated rings. The third kappa shape index (κ3) is 3.97. The molecule has 4 rings (SSSR count). The topological polar surface area (TPSA) is 40.5 Å². The Kier molecular flexibility index (Phi) is 5.76. The first-order valence-electron chi connectivity index (χ1n) is 10.3. The predicted molar refractivity (Wildman–Crippen MR) is 121 cm³/mol. The van der Waals surface area contributed by atoms with Gasteiger partial charge in [-0.05, 0) is 62.0 Å². The van der Waals surface area contributed by atoms with Crippen LogP contribution < -0.4 is 5.32 Å². The van der Waals surface area contributed by atoms with Crippen LogP contribution in [0.3, 0.4) is 0 Å². The second-order valence-corrected chi connectivity index (χ2v) is 9.15. The highest BCUT2D eigenvalue weighted by Gasteiger charge is 2.38. The normalized spacial score (nSPS) is 17.1. The minimum Gasteiger partial charge on any atom is -0.351 e. The molecule has 6 heteroatoms. The predicted octanol–water partition coefficient (Wildman–Crippen LogP) is 3.52. The fourth-order valence-electron chi connectivity index (χ4n) is 4.44. The Labute approximate surface area is 176 Å². The number of rotatable bonds is 6. The largest absolute Gasteiger partial charge is 0.351 e. The van der Waals surface area contributed by atoms with Gasteiger partial charge >= 0.3 is 0 Å². The Morgan fingerprint density at radius 1 is 1.21 bits per heavy atom. The van der Waals surface area contributed by atoms with Gasteiger partial charge in [0, 0.05) is 55.4 Å². The second-order valence-electron chi connectivity index (χ2n) is 8.20. The molecule has 154 valence electrons. The monoisotopic (exact) mass is 410 g/mol. The Hall–Kier alpha value is -2.15. The number of carbonyl (C=O) groups is 1. The first-order chi connectivity index (χ1) is 14.0. The summed E-state index contributed by atoms with van der Waals surface area (Å²) in [7, 11) is 6.39. The van der Waals surface area contributed by atoms with Crippen LogP contribution in [-0.4, -0.2) is 60.5 Å². The van der Waals surface area contributed by atoms with Crippen LogP contribution in [0.4, 0.5) is 0 Å². The Morgan fingerprint density at radius 2 is 2.00 bits per heavy atom. The molecule has 0 saturated carbocycles. The lowest BCUT2D eigenvalue weighted by Crippen LogP contribution is -2.51. The highest BCUT2D eigenvalue weighted by Crippen LogP contribution is 2.39. The number of carbonyl (C=O) groups excluding carboxylic acids is 1. The number of likely N-dealkylation sites (tertiary alicyclic amines) is 1. The van der Waals surface area contributed by atoms with Gasteiger partial charge in [0.2, 0.25) is 0 Å². The zero-order valence-electron chi connectivity index (χ0n) is 17.5. The number of piperidine rings is 1. The molecule has 1 saturated heterocycles. The number of hydrogen-bond donors (Lipinski definition) is 1. The maximum atomic E-state index is 12.6. The summed E-state index contributed by atoms with van der Waals surface area (Å²) in [5, 5.41) is 6.43. The number of benzene rings is 1. The van der Waals surface area contributed by atoms with E-state index < -0.39 is 0 Å². The lowest BCUT2D eigenvalue weighted by atomic mass is 9.84. The van der Waals surface area contributed by atoms with Crippen molar-refractivity contribution in [3.63, 3.8) is 0 Å². The lowest BCUT2D eigenvalue weighted by Gasteiger charge is -2.45. The molecule has 2 aromatic heterocycles. The lowest BCUT2D eigenvalue weighted by molar-refractivity contribution is 0.0567. The summed E-state index contributed by atoms with van der Waals surface area (Å²) in [4.78, 5) is 18.9. The molecular formula is C23H30N4OS. The number of fused-ring (bicyclic) bond motifs is 1. The van der Waals surface area contributed by atoms with Crippen LogP contribution in [0.2, 0.25) is 0 Å². The van der Waals surface area contributed by atoms with Crippen molar-refractivity contribution < 1.29 is 4.79 Å². The van der Waals surface area contributed by atoms with Gasteiger partial charge in [0.05, 0.1) is 5.54 Å². The van der Waals surface area contributed by atoms with Crippen molar-refractivity contribution in [1.82, 2.24) is 19.7 Å². The summed E-state index contributed by atoms with van der Waals surface area (Å²) < 4.78 is 2.05. The third-order valence-electron chi connectivity index (χ3n) is 6.38. The third-order valence-corrected chi connectivity index (χ3v) is 7.45. The van der Waals surface area contributed by atoms with Crippen LogP contribution in [0, 0.1) is 0 Å². The molecule has 1 aliphatic rings. The van der Waals surface area contributed by atoms with Crippen LogP contribution >= 0.6 is 11.3 Å². The number of amides is 1. The number of aromatic nitrogens is 1. The fraction of sp³-hybridized carbons (Fsp3) is 0.435. The van der Waals surface area contributed by atoms with Crippen LogP contribution in [0.15, 0.2) is 48.0 Å². The average molecular weight is 411 g/mol. The molecule has 0 aliphatic carbocycles. The zero-order valence-corrected chi connectivity index (χ0v) is 18.3. The van der Waals surface area contributed by atoms with Crippen molar-refractivity contribution >= 4 is 28.1 Å². The number of thiophene rings is 1. The van der Waals surface area contributed by atoms with E-state index in [1.54, 1.807) is 0 Å². The molecule has 1 N–H and O–H groups in total. The fourth-order valence-corrected chi connectivity index (χ4v) is 5.50. The molecule has 0 bridgehead atoms. The minimum absolute atomic E-state index is 0.00586. The molecule has 0 unspecified atom stereocenters. The molecule has 5 nitrogen and oxygen atoms in total. The molecule has 1 aliphatic heterocycles. The summed E-state index contributed by atoms with van der Waals surface area (Å²) in [5.74, 6) is 0.00586. The minimum atomic E-state index is 0.00586. The molecular weight excluding hydrogens is 380 g/mol. The molecule has 1 amide bonds. The van der Waals surface area contributed by atoms with Gasteiger partial charge in [-0.2, -0.15) is 0 Å². The summed E-state index contributed by atoms with van der Waals surface area (Å²) in [6.45, 7) is 3.69. The summed E-state index contributed by atoms with van der Waals surface area (Å²) in [6.07, 6.45) is 4.27. The van der Waals surface area contributed by atoms with Crippen LogP contribution in [-0.2, 0) is 12.6 Å². The number of hydrogen-bond acceptors (Lipinski definition) is 4. The van der Waals surface area contributed by atoms with Crippen molar-refractivity contribution in [1.29, 1.82) is 0 Å². The molecule has 1 aromatic carbocycles. The van der Waals surface area contributed by atoms with Gasteiger partial charge in [-0.25, -0.2) is 0 Å². The number of nitrogens with one attached hydrogen (secondary N) is 1. The SMILES string of the molecule is CN(C)C1(c2cccs2)CCN(CCNC(=O)c2ccc3ccn(C)c3c2)CC1. The molecule has 0 radical (unpaired) electrons. The Morgan fingerprint density at radius 3 is 2.69 bits per heavy atom. The van der Waals surface area contributed by atoms with Crippen LogP contribution in [0.1, 0.15) is 28.1 Å². The summed E-state index contributed by atoms with van der Waals surface area (Å²) >= 11 is 1.86.